The van der Waals surface area contributed by atoms with Crippen molar-refractivity contribution in [1.29, 1.82) is 0 Å². The highest BCUT2D eigenvalue weighted by molar-refractivity contribution is 7.99. The van der Waals surface area contributed by atoms with Crippen LogP contribution in [0.3, 0.4) is 0 Å². The van der Waals surface area contributed by atoms with Crippen molar-refractivity contribution in [3.8, 4) is 0 Å². The van der Waals surface area contributed by atoms with Crippen LogP contribution >= 0.6 is 11.8 Å². The first-order valence-corrected chi connectivity index (χ1v) is 7.54. The highest BCUT2D eigenvalue weighted by Crippen LogP contribution is 2.24. The van der Waals surface area contributed by atoms with Crippen LogP contribution in [0.2, 0.25) is 0 Å². The number of rotatable bonds is 6. The van der Waals surface area contributed by atoms with Crippen LogP contribution < -0.4 is 10.6 Å². The van der Waals surface area contributed by atoms with Gasteiger partial charge in [-0.15, -0.1) is 0 Å². The summed E-state index contributed by atoms with van der Waals surface area (Å²) >= 11 is 1.90. The second-order valence-electron chi connectivity index (χ2n) is 4.55. The second-order valence-corrected chi connectivity index (χ2v) is 5.95. The summed E-state index contributed by atoms with van der Waals surface area (Å²) in [7, 11) is 0. The van der Waals surface area contributed by atoms with Gasteiger partial charge in [-0.25, -0.2) is 4.79 Å². The number of hydrogen-bond acceptors (Lipinski definition) is 3. The third kappa shape index (κ3) is 6.14. The summed E-state index contributed by atoms with van der Waals surface area (Å²) in [6, 6.07) is -0.546. The van der Waals surface area contributed by atoms with Gasteiger partial charge in [-0.1, -0.05) is 13.3 Å². The Kier molecular flexibility index (Phi) is 6.93. The molecule has 1 aliphatic heterocycles. The molecule has 2 amide bonds. The lowest BCUT2D eigenvalue weighted by Gasteiger charge is -2.22. The first-order valence-electron chi connectivity index (χ1n) is 6.49. The lowest BCUT2D eigenvalue weighted by molar-refractivity contribution is -0.137. The van der Waals surface area contributed by atoms with E-state index in [-0.39, 0.29) is 18.5 Å². The summed E-state index contributed by atoms with van der Waals surface area (Å²) in [6.07, 6.45) is 4.25. The monoisotopic (exact) mass is 274 g/mol. The molecule has 0 aromatic rings. The Morgan fingerprint density at radius 1 is 1.44 bits per heavy atom. The van der Waals surface area contributed by atoms with Crippen LogP contribution in [0.1, 0.15) is 39.0 Å². The molecule has 0 saturated carbocycles. The Morgan fingerprint density at radius 2 is 2.22 bits per heavy atom. The van der Waals surface area contributed by atoms with Crippen LogP contribution in [0.5, 0.6) is 0 Å². The van der Waals surface area contributed by atoms with Gasteiger partial charge in [0.25, 0.3) is 0 Å². The number of urea groups is 1. The standard InChI is InChI=1S/C12H22N2O3S/c1-2-9(7-11(15)16)14-12(17)13-8-10-5-3-4-6-18-10/h9-10H,2-8H2,1H3,(H,15,16)(H2,13,14,17). The van der Waals surface area contributed by atoms with E-state index < -0.39 is 5.97 Å². The predicted octanol–water partition coefficient (Wildman–Crippen LogP) is 1.82. The Balaban J connectivity index is 2.20. The van der Waals surface area contributed by atoms with Crippen LogP contribution in [-0.4, -0.2) is 40.7 Å². The summed E-state index contributed by atoms with van der Waals surface area (Å²) in [6.45, 7) is 2.53. The van der Waals surface area contributed by atoms with Crippen molar-refractivity contribution < 1.29 is 14.7 Å². The average molecular weight is 274 g/mol. The molecule has 0 aliphatic carbocycles. The van der Waals surface area contributed by atoms with Crippen LogP contribution in [0, 0.1) is 0 Å². The first kappa shape index (κ1) is 15.1. The van der Waals surface area contributed by atoms with E-state index in [0.29, 0.717) is 18.2 Å². The van der Waals surface area contributed by atoms with Crippen molar-refractivity contribution >= 4 is 23.8 Å². The fourth-order valence-electron chi connectivity index (χ4n) is 1.92. The Labute approximate surface area is 112 Å². The number of hydrogen-bond donors (Lipinski definition) is 3. The summed E-state index contributed by atoms with van der Waals surface area (Å²) in [5, 5.41) is 14.7. The van der Waals surface area contributed by atoms with Gasteiger partial charge in [-0.3, -0.25) is 4.79 Å². The van der Waals surface area contributed by atoms with Crippen LogP contribution in [0.15, 0.2) is 0 Å². The topological polar surface area (TPSA) is 78.4 Å². The molecule has 104 valence electrons. The molecule has 5 nitrogen and oxygen atoms in total. The Hall–Kier alpha value is -0.910. The van der Waals surface area contributed by atoms with E-state index >= 15 is 0 Å². The fraction of sp³-hybridized carbons (Fsp3) is 0.833. The maximum Gasteiger partial charge on any atom is 0.315 e. The minimum atomic E-state index is -0.884. The van der Waals surface area contributed by atoms with E-state index in [1.807, 2.05) is 18.7 Å². The number of thioether (sulfide) groups is 1. The number of amides is 2. The van der Waals surface area contributed by atoms with E-state index in [1.54, 1.807) is 0 Å². The van der Waals surface area contributed by atoms with Gasteiger partial charge in [0.2, 0.25) is 0 Å². The highest BCUT2D eigenvalue weighted by atomic mass is 32.2. The SMILES string of the molecule is CCC(CC(=O)O)NC(=O)NCC1CCCCS1. The Bertz CT molecular complexity index is 280. The number of aliphatic carboxylic acids is 1. The molecular weight excluding hydrogens is 252 g/mol. The number of nitrogens with one attached hydrogen (secondary N) is 2. The molecule has 1 saturated heterocycles. The minimum Gasteiger partial charge on any atom is -0.481 e. The number of carboxylic acids is 1. The van der Waals surface area contributed by atoms with Gasteiger partial charge >= 0.3 is 12.0 Å². The third-order valence-electron chi connectivity index (χ3n) is 3.01. The lowest BCUT2D eigenvalue weighted by Crippen LogP contribution is -2.44. The van der Waals surface area contributed by atoms with Gasteiger partial charge in [0.15, 0.2) is 0 Å². The van der Waals surface area contributed by atoms with Gasteiger partial charge in [0, 0.05) is 17.8 Å². The van der Waals surface area contributed by atoms with Crippen molar-refractivity contribution in [3.05, 3.63) is 0 Å². The fourth-order valence-corrected chi connectivity index (χ4v) is 3.16. The zero-order chi connectivity index (χ0) is 13.4. The quantitative estimate of drug-likeness (QED) is 0.690. The molecule has 2 atom stereocenters. The molecule has 2 unspecified atom stereocenters. The van der Waals surface area contributed by atoms with Gasteiger partial charge < -0.3 is 15.7 Å². The molecule has 0 bridgehead atoms. The molecular formula is C12H22N2O3S. The van der Waals surface area contributed by atoms with Crippen LogP contribution in [-0.2, 0) is 4.79 Å². The smallest absolute Gasteiger partial charge is 0.315 e. The maximum absolute atomic E-state index is 11.6. The normalized spacial score (nSPS) is 21.1. The minimum absolute atomic E-state index is 0.0257. The average Bonchev–Trinajstić information content (AvgIpc) is 2.36. The predicted molar refractivity (Wildman–Crippen MR) is 73.0 cm³/mol. The lowest BCUT2D eigenvalue weighted by atomic mass is 10.1. The number of carboxylic acid groups (broad SMARTS) is 1. The summed E-state index contributed by atoms with van der Waals surface area (Å²) in [5.41, 5.74) is 0. The molecule has 3 N–H and O–H groups in total. The van der Waals surface area contributed by atoms with Crippen molar-refractivity contribution in [2.45, 2.75) is 50.3 Å². The van der Waals surface area contributed by atoms with Gasteiger partial charge in [-0.2, -0.15) is 11.8 Å². The summed E-state index contributed by atoms with van der Waals surface area (Å²) in [5.74, 6) is 0.287. The van der Waals surface area contributed by atoms with Gasteiger partial charge in [-0.05, 0) is 25.0 Å². The van der Waals surface area contributed by atoms with E-state index in [2.05, 4.69) is 10.6 Å². The van der Waals surface area contributed by atoms with Crippen molar-refractivity contribution in [3.63, 3.8) is 0 Å². The van der Waals surface area contributed by atoms with E-state index in [4.69, 9.17) is 5.11 Å². The summed E-state index contributed by atoms with van der Waals surface area (Å²) in [4.78, 5) is 22.2. The van der Waals surface area contributed by atoms with Crippen molar-refractivity contribution in [2.75, 3.05) is 12.3 Å². The van der Waals surface area contributed by atoms with E-state index in [1.165, 1.54) is 18.6 Å². The molecule has 18 heavy (non-hydrogen) atoms. The molecule has 1 aliphatic rings. The molecule has 1 heterocycles. The van der Waals surface area contributed by atoms with Crippen LogP contribution in [0.25, 0.3) is 0 Å². The van der Waals surface area contributed by atoms with E-state index in [9.17, 15) is 9.59 Å². The van der Waals surface area contributed by atoms with Gasteiger partial charge in [0.1, 0.15) is 0 Å². The molecule has 1 rings (SSSR count). The van der Waals surface area contributed by atoms with Crippen LogP contribution in [0.4, 0.5) is 4.79 Å². The molecule has 0 aromatic carbocycles. The highest BCUT2D eigenvalue weighted by Gasteiger charge is 2.17. The zero-order valence-corrected chi connectivity index (χ0v) is 11.6. The molecule has 0 radical (unpaired) electrons. The Morgan fingerprint density at radius 3 is 2.78 bits per heavy atom. The largest absolute Gasteiger partial charge is 0.481 e. The number of carbonyl (C=O) groups is 2. The maximum atomic E-state index is 11.6. The van der Waals surface area contributed by atoms with Crippen molar-refractivity contribution in [2.24, 2.45) is 0 Å². The first-order chi connectivity index (χ1) is 8.61. The van der Waals surface area contributed by atoms with E-state index in [0.717, 1.165) is 6.42 Å². The third-order valence-corrected chi connectivity index (χ3v) is 4.41. The van der Waals surface area contributed by atoms with Gasteiger partial charge in [0.05, 0.1) is 6.42 Å². The summed E-state index contributed by atoms with van der Waals surface area (Å²) < 4.78 is 0. The van der Waals surface area contributed by atoms with Crippen molar-refractivity contribution in [1.82, 2.24) is 10.6 Å². The molecule has 1 fully saturated rings. The molecule has 6 heteroatoms. The molecule has 0 spiro atoms. The zero-order valence-electron chi connectivity index (χ0n) is 10.8. The number of carbonyl (C=O) groups excluding carboxylic acids is 1. The second kappa shape index (κ2) is 8.24. The molecule has 0 aromatic heterocycles.